The van der Waals surface area contributed by atoms with Gasteiger partial charge in [-0.3, -0.25) is 20.0 Å². The van der Waals surface area contributed by atoms with Crippen molar-refractivity contribution in [3.63, 3.8) is 0 Å². The van der Waals surface area contributed by atoms with E-state index in [0.29, 0.717) is 11.4 Å². The van der Waals surface area contributed by atoms with Gasteiger partial charge in [-0.15, -0.1) is 0 Å². The summed E-state index contributed by atoms with van der Waals surface area (Å²) in [7, 11) is 0. The second kappa shape index (κ2) is 8.04. The number of hydrazine groups is 1. The van der Waals surface area contributed by atoms with E-state index in [-0.39, 0.29) is 5.56 Å². The summed E-state index contributed by atoms with van der Waals surface area (Å²) in [6.07, 6.45) is -1.05. The number of nitrogens with one attached hydrogen (secondary N) is 3. The van der Waals surface area contributed by atoms with Crippen LogP contribution in [-0.2, 0) is 4.79 Å². The first-order valence-corrected chi connectivity index (χ1v) is 8.97. The normalized spacial score (nSPS) is 15.6. The zero-order valence-corrected chi connectivity index (χ0v) is 15.2. The average Bonchev–Trinajstić information content (AvgIpc) is 2.89. The number of carbonyl (C=O) groups excluding carboxylic acids is 2. The van der Waals surface area contributed by atoms with Crippen LogP contribution in [0, 0.1) is 5.82 Å². The third-order valence-electron chi connectivity index (χ3n) is 4.42. The van der Waals surface area contributed by atoms with Crippen LogP contribution in [0.4, 0.5) is 10.1 Å². The number of para-hydroxylation sites is 1. The maximum Gasteiger partial charge on any atom is 0.265 e. The second-order valence-corrected chi connectivity index (χ2v) is 6.39. The van der Waals surface area contributed by atoms with Crippen LogP contribution in [0.1, 0.15) is 21.5 Å². The van der Waals surface area contributed by atoms with E-state index in [1.807, 2.05) is 48.5 Å². The van der Waals surface area contributed by atoms with Crippen molar-refractivity contribution in [1.29, 1.82) is 0 Å². The fourth-order valence-corrected chi connectivity index (χ4v) is 2.99. The van der Waals surface area contributed by atoms with Crippen LogP contribution >= 0.6 is 0 Å². The van der Waals surface area contributed by atoms with Gasteiger partial charge in [0.15, 0.2) is 6.17 Å². The molecule has 1 unspecified atom stereocenters. The number of rotatable bonds is 4. The molecule has 1 heterocycles. The third-order valence-corrected chi connectivity index (χ3v) is 4.42. The monoisotopic (exact) mass is 388 g/mol. The molecule has 4 rings (SSSR count). The van der Waals surface area contributed by atoms with Gasteiger partial charge in [0.1, 0.15) is 5.82 Å². The second-order valence-electron chi connectivity index (χ2n) is 6.39. The van der Waals surface area contributed by atoms with Crippen molar-refractivity contribution in [1.82, 2.24) is 10.9 Å². The number of aliphatic imine (C=N–C) groups is 1. The van der Waals surface area contributed by atoms with E-state index in [9.17, 15) is 14.0 Å². The Morgan fingerprint density at radius 1 is 0.931 bits per heavy atom. The lowest BCUT2D eigenvalue weighted by molar-refractivity contribution is -0.118. The molecule has 3 aromatic carbocycles. The van der Waals surface area contributed by atoms with Gasteiger partial charge in [-0.1, -0.05) is 48.5 Å². The van der Waals surface area contributed by atoms with Crippen molar-refractivity contribution in [3.05, 3.63) is 101 Å². The van der Waals surface area contributed by atoms with Gasteiger partial charge in [-0.05, 0) is 30.3 Å². The highest BCUT2D eigenvalue weighted by Gasteiger charge is 2.26. The molecular formula is C22H17FN4O2. The molecule has 144 valence electrons. The topological polar surface area (TPSA) is 82.6 Å². The minimum absolute atomic E-state index is 0.253. The van der Waals surface area contributed by atoms with Crippen LogP contribution in [0.5, 0.6) is 0 Å². The summed E-state index contributed by atoms with van der Waals surface area (Å²) < 4.78 is 13.0. The molecule has 0 radical (unpaired) electrons. The quantitative estimate of drug-likeness (QED) is 0.601. The largest absolute Gasteiger partial charge is 0.322 e. The summed E-state index contributed by atoms with van der Waals surface area (Å²) >= 11 is 0. The van der Waals surface area contributed by atoms with E-state index in [2.05, 4.69) is 21.2 Å². The molecule has 0 aliphatic carbocycles. The fourth-order valence-electron chi connectivity index (χ4n) is 2.99. The molecule has 7 heteroatoms. The van der Waals surface area contributed by atoms with Gasteiger partial charge < -0.3 is 5.32 Å². The molecule has 0 bridgehead atoms. The first-order chi connectivity index (χ1) is 14.1. The minimum Gasteiger partial charge on any atom is -0.322 e. The molecule has 0 spiro atoms. The summed E-state index contributed by atoms with van der Waals surface area (Å²) in [6.45, 7) is 0. The Morgan fingerprint density at radius 3 is 2.38 bits per heavy atom. The van der Waals surface area contributed by atoms with Crippen LogP contribution < -0.4 is 16.2 Å². The number of nitrogens with zero attached hydrogens (tertiary/aromatic N) is 1. The fraction of sp³-hybridized carbons (Fsp3) is 0.0455. The summed E-state index contributed by atoms with van der Waals surface area (Å²) in [5.41, 5.74) is 8.26. The molecule has 29 heavy (non-hydrogen) atoms. The first-order valence-electron chi connectivity index (χ1n) is 8.97. The Hall–Kier alpha value is -3.84. The number of hydrogen-bond donors (Lipinski definition) is 3. The Bertz CT molecular complexity index is 1080. The van der Waals surface area contributed by atoms with Crippen molar-refractivity contribution in [3.8, 4) is 0 Å². The van der Waals surface area contributed by atoms with Gasteiger partial charge in [0.2, 0.25) is 0 Å². The van der Waals surface area contributed by atoms with E-state index in [1.54, 1.807) is 6.07 Å². The van der Waals surface area contributed by atoms with E-state index < -0.39 is 23.8 Å². The van der Waals surface area contributed by atoms with Gasteiger partial charge in [-0.2, -0.15) is 0 Å². The first kappa shape index (κ1) is 18.5. The SMILES string of the molecule is O=C(NNC1N=C(c2ccccc2)c2ccccc2NC1=O)c1ccc(F)cc1. The summed E-state index contributed by atoms with van der Waals surface area (Å²) in [6, 6.07) is 21.9. The highest BCUT2D eigenvalue weighted by molar-refractivity contribution is 6.19. The highest BCUT2D eigenvalue weighted by Crippen LogP contribution is 2.23. The van der Waals surface area contributed by atoms with Gasteiger partial charge in [0.05, 0.1) is 11.4 Å². The number of halogens is 1. The summed E-state index contributed by atoms with van der Waals surface area (Å²) in [4.78, 5) is 29.5. The Morgan fingerprint density at radius 2 is 1.62 bits per heavy atom. The highest BCUT2D eigenvalue weighted by atomic mass is 19.1. The van der Waals surface area contributed by atoms with Crippen molar-refractivity contribution in [2.24, 2.45) is 4.99 Å². The third kappa shape index (κ3) is 4.04. The van der Waals surface area contributed by atoms with Crippen molar-refractivity contribution in [2.75, 3.05) is 5.32 Å². The number of benzodiazepines with no additional fused rings is 1. The van der Waals surface area contributed by atoms with E-state index in [1.165, 1.54) is 24.3 Å². The van der Waals surface area contributed by atoms with E-state index in [4.69, 9.17) is 0 Å². The molecule has 0 aromatic heterocycles. The lowest BCUT2D eigenvalue weighted by atomic mass is 10.0. The van der Waals surface area contributed by atoms with Crippen LogP contribution in [0.2, 0.25) is 0 Å². The smallest absolute Gasteiger partial charge is 0.265 e. The predicted octanol–water partition coefficient (Wildman–Crippen LogP) is 2.88. The van der Waals surface area contributed by atoms with Crippen LogP contribution in [-0.4, -0.2) is 23.7 Å². The minimum atomic E-state index is -1.05. The number of amides is 2. The number of fused-ring (bicyclic) bond motifs is 1. The molecule has 3 N–H and O–H groups in total. The maximum atomic E-state index is 13.0. The van der Waals surface area contributed by atoms with Crippen molar-refractivity contribution < 1.29 is 14.0 Å². The lowest BCUT2D eigenvalue weighted by Gasteiger charge is -2.14. The number of hydrogen-bond acceptors (Lipinski definition) is 4. The molecule has 0 fully saturated rings. The summed E-state index contributed by atoms with van der Waals surface area (Å²) in [5, 5.41) is 2.83. The zero-order chi connectivity index (χ0) is 20.2. The number of carbonyl (C=O) groups is 2. The standard InChI is InChI=1S/C22H17FN4O2/c23-16-12-10-15(11-13-16)21(28)27-26-20-22(29)24-18-9-5-4-8-17(18)19(25-20)14-6-2-1-3-7-14/h1-13,20,26H,(H,24,29)(H,27,28). The zero-order valence-electron chi connectivity index (χ0n) is 15.2. The van der Waals surface area contributed by atoms with Crippen molar-refractivity contribution >= 4 is 23.2 Å². The Labute approximate surface area is 166 Å². The predicted molar refractivity (Wildman–Crippen MR) is 108 cm³/mol. The molecule has 1 aliphatic rings. The molecular weight excluding hydrogens is 371 g/mol. The maximum absolute atomic E-state index is 13.0. The summed E-state index contributed by atoms with van der Waals surface area (Å²) in [5.74, 6) is -1.36. The Kier molecular flexibility index (Phi) is 5.13. The lowest BCUT2D eigenvalue weighted by Crippen LogP contribution is -2.49. The number of anilines is 1. The van der Waals surface area contributed by atoms with Gasteiger partial charge in [0, 0.05) is 16.7 Å². The van der Waals surface area contributed by atoms with Crippen LogP contribution in [0.3, 0.4) is 0 Å². The molecule has 1 aliphatic heterocycles. The van der Waals surface area contributed by atoms with Crippen LogP contribution in [0.15, 0.2) is 83.9 Å². The molecule has 3 aromatic rings. The van der Waals surface area contributed by atoms with E-state index in [0.717, 1.165) is 11.1 Å². The van der Waals surface area contributed by atoms with Crippen LogP contribution in [0.25, 0.3) is 0 Å². The molecule has 1 atom stereocenters. The Balaban J connectivity index is 1.62. The van der Waals surface area contributed by atoms with Gasteiger partial charge in [0.25, 0.3) is 11.8 Å². The molecule has 0 saturated carbocycles. The van der Waals surface area contributed by atoms with E-state index >= 15 is 0 Å². The van der Waals surface area contributed by atoms with Crippen molar-refractivity contribution in [2.45, 2.75) is 6.17 Å². The molecule has 0 saturated heterocycles. The molecule has 6 nitrogen and oxygen atoms in total. The number of benzene rings is 3. The average molecular weight is 388 g/mol. The molecule has 2 amide bonds. The van der Waals surface area contributed by atoms with Gasteiger partial charge >= 0.3 is 0 Å². The van der Waals surface area contributed by atoms with Gasteiger partial charge in [-0.25, -0.2) is 9.82 Å².